The predicted molar refractivity (Wildman–Crippen MR) is 79.5 cm³/mol. The zero-order valence-corrected chi connectivity index (χ0v) is 14.1. The molecular formula is C12H13Br2NO3S. The Morgan fingerprint density at radius 3 is 2.42 bits per heavy atom. The van der Waals surface area contributed by atoms with Crippen molar-refractivity contribution in [2.24, 2.45) is 0 Å². The highest BCUT2D eigenvalue weighted by Crippen LogP contribution is 2.35. The number of rotatable bonds is 1. The molecule has 2 fully saturated rings. The van der Waals surface area contributed by atoms with Crippen LogP contribution in [0.15, 0.2) is 13.6 Å². The number of carbonyl (C=O) groups is 1. The third kappa shape index (κ3) is 2.76. The molecule has 2 saturated heterocycles. The monoisotopic (exact) mass is 409 g/mol. The molecule has 0 atom stereocenters. The molecule has 3 heterocycles. The van der Waals surface area contributed by atoms with Crippen LogP contribution in [-0.2, 0) is 9.47 Å². The fraction of sp³-hybridized carbons (Fsp3) is 0.583. The van der Waals surface area contributed by atoms with Crippen LogP contribution in [-0.4, -0.2) is 42.9 Å². The maximum absolute atomic E-state index is 12.4. The fourth-order valence-corrected chi connectivity index (χ4v) is 5.27. The molecule has 0 aliphatic carbocycles. The van der Waals surface area contributed by atoms with Gasteiger partial charge in [-0.3, -0.25) is 4.79 Å². The molecule has 0 N–H and O–H groups in total. The number of carbonyl (C=O) groups excluding carboxylic acids is 1. The van der Waals surface area contributed by atoms with E-state index in [0.29, 0.717) is 26.3 Å². The van der Waals surface area contributed by atoms with Crippen molar-refractivity contribution in [2.75, 3.05) is 26.3 Å². The highest BCUT2D eigenvalue weighted by atomic mass is 79.9. The Balaban J connectivity index is 1.68. The zero-order chi connectivity index (χ0) is 13.5. The molecule has 3 rings (SSSR count). The first-order valence-electron chi connectivity index (χ1n) is 6.12. The van der Waals surface area contributed by atoms with Gasteiger partial charge in [0, 0.05) is 25.9 Å². The highest BCUT2D eigenvalue weighted by molar-refractivity contribution is 9.12. The molecule has 7 heteroatoms. The highest BCUT2D eigenvalue weighted by Gasteiger charge is 2.41. The van der Waals surface area contributed by atoms with Crippen molar-refractivity contribution in [1.29, 1.82) is 0 Å². The second-order valence-electron chi connectivity index (χ2n) is 4.64. The van der Waals surface area contributed by atoms with E-state index in [1.54, 1.807) is 0 Å². The van der Waals surface area contributed by atoms with E-state index in [4.69, 9.17) is 9.47 Å². The summed E-state index contributed by atoms with van der Waals surface area (Å²) in [6.07, 6.45) is 1.50. The van der Waals surface area contributed by atoms with Crippen LogP contribution in [0.1, 0.15) is 23.2 Å². The molecule has 2 aliphatic heterocycles. The van der Waals surface area contributed by atoms with Gasteiger partial charge in [-0.15, -0.1) is 11.3 Å². The Kier molecular flexibility index (Phi) is 4.01. The van der Waals surface area contributed by atoms with Gasteiger partial charge >= 0.3 is 0 Å². The lowest BCUT2D eigenvalue weighted by molar-refractivity contribution is -0.181. The van der Waals surface area contributed by atoms with Crippen molar-refractivity contribution in [3.8, 4) is 0 Å². The lowest BCUT2D eigenvalue weighted by Gasteiger charge is -2.37. The fourth-order valence-electron chi connectivity index (χ4n) is 2.49. The smallest absolute Gasteiger partial charge is 0.255 e. The van der Waals surface area contributed by atoms with Gasteiger partial charge in [-0.1, -0.05) is 0 Å². The van der Waals surface area contributed by atoms with Crippen LogP contribution in [0.3, 0.4) is 0 Å². The first kappa shape index (κ1) is 14.0. The second kappa shape index (κ2) is 5.44. The molecule has 0 saturated carbocycles. The van der Waals surface area contributed by atoms with E-state index in [0.717, 1.165) is 26.0 Å². The molecule has 1 spiro atoms. The predicted octanol–water partition coefficient (Wildman–Crippen LogP) is 3.25. The molecule has 4 nitrogen and oxygen atoms in total. The van der Waals surface area contributed by atoms with Crippen LogP contribution in [0, 0.1) is 0 Å². The third-order valence-corrected chi connectivity index (χ3v) is 5.85. The normalized spacial score (nSPS) is 22.1. The van der Waals surface area contributed by atoms with Crippen LogP contribution in [0.5, 0.6) is 0 Å². The number of thiophene rings is 1. The van der Waals surface area contributed by atoms with Gasteiger partial charge in [0.25, 0.3) is 5.91 Å². The summed E-state index contributed by atoms with van der Waals surface area (Å²) >= 11 is 8.35. The van der Waals surface area contributed by atoms with E-state index < -0.39 is 5.79 Å². The van der Waals surface area contributed by atoms with Crippen molar-refractivity contribution < 1.29 is 14.3 Å². The van der Waals surface area contributed by atoms with Crippen molar-refractivity contribution in [1.82, 2.24) is 4.90 Å². The molecule has 1 aromatic rings. The summed E-state index contributed by atoms with van der Waals surface area (Å²) in [4.78, 5) is 14.3. The lowest BCUT2D eigenvalue weighted by Crippen LogP contribution is -2.47. The molecular weight excluding hydrogens is 398 g/mol. The van der Waals surface area contributed by atoms with Gasteiger partial charge in [0.1, 0.15) is 0 Å². The molecule has 0 radical (unpaired) electrons. The van der Waals surface area contributed by atoms with Gasteiger partial charge in [0.2, 0.25) is 0 Å². The van der Waals surface area contributed by atoms with Crippen LogP contribution in [0.25, 0.3) is 0 Å². The Morgan fingerprint density at radius 2 is 1.89 bits per heavy atom. The van der Waals surface area contributed by atoms with Crippen LogP contribution in [0.4, 0.5) is 0 Å². The van der Waals surface area contributed by atoms with Gasteiger partial charge in [-0.25, -0.2) is 0 Å². The van der Waals surface area contributed by atoms with Gasteiger partial charge in [0.15, 0.2) is 5.79 Å². The van der Waals surface area contributed by atoms with Crippen LogP contribution < -0.4 is 0 Å². The first-order valence-corrected chi connectivity index (χ1v) is 8.52. The summed E-state index contributed by atoms with van der Waals surface area (Å²) in [6, 6.07) is 1.87. The summed E-state index contributed by atoms with van der Waals surface area (Å²) in [7, 11) is 0. The molecule has 0 unspecified atom stereocenters. The SMILES string of the molecule is O=C(c1cc(Br)sc1Br)N1CCC2(CC1)OCCO2. The molecule has 2 aliphatic rings. The Morgan fingerprint density at radius 1 is 1.26 bits per heavy atom. The average Bonchev–Trinajstić information content (AvgIpc) is 2.97. The summed E-state index contributed by atoms with van der Waals surface area (Å²) in [5, 5.41) is 0. The number of likely N-dealkylation sites (tertiary alicyclic amines) is 1. The molecule has 0 aromatic carbocycles. The zero-order valence-electron chi connectivity index (χ0n) is 10.2. The van der Waals surface area contributed by atoms with Crippen LogP contribution >= 0.6 is 43.2 Å². The molecule has 19 heavy (non-hydrogen) atoms. The minimum absolute atomic E-state index is 0.0710. The average molecular weight is 411 g/mol. The van der Waals surface area contributed by atoms with E-state index in [9.17, 15) is 4.79 Å². The maximum atomic E-state index is 12.4. The largest absolute Gasteiger partial charge is 0.347 e. The molecule has 1 amide bonds. The number of amides is 1. The van der Waals surface area contributed by atoms with Crippen molar-refractivity contribution >= 4 is 49.1 Å². The van der Waals surface area contributed by atoms with Crippen molar-refractivity contribution in [2.45, 2.75) is 18.6 Å². The summed E-state index contributed by atoms with van der Waals surface area (Å²) in [5.41, 5.74) is 0.723. The number of hydrogen-bond acceptors (Lipinski definition) is 4. The van der Waals surface area contributed by atoms with Crippen LogP contribution in [0.2, 0.25) is 0 Å². The lowest BCUT2D eigenvalue weighted by atomic mass is 10.0. The summed E-state index contributed by atoms with van der Waals surface area (Å²) in [6.45, 7) is 2.69. The van der Waals surface area contributed by atoms with Crippen molar-refractivity contribution in [3.63, 3.8) is 0 Å². The minimum atomic E-state index is -0.427. The summed E-state index contributed by atoms with van der Waals surface area (Å²) < 4.78 is 13.2. The quantitative estimate of drug-likeness (QED) is 0.713. The van der Waals surface area contributed by atoms with E-state index in [2.05, 4.69) is 31.9 Å². The number of halogens is 2. The van der Waals surface area contributed by atoms with Gasteiger partial charge in [-0.05, 0) is 37.9 Å². The Labute approximate surface area is 132 Å². The first-order chi connectivity index (χ1) is 9.10. The van der Waals surface area contributed by atoms with Gasteiger partial charge in [-0.2, -0.15) is 0 Å². The van der Waals surface area contributed by atoms with E-state index >= 15 is 0 Å². The number of hydrogen-bond donors (Lipinski definition) is 0. The van der Waals surface area contributed by atoms with Crippen molar-refractivity contribution in [3.05, 3.63) is 19.2 Å². The Bertz CT molecular complexity index is 489. The van der Waals surface area contributed by atoms with Gasteiger partial charge in [0.05, 0.1) is 26.4 Å². The molecule has 104 valence electrons. The second-order valence-corrected chi connectivity index (χ2v) is 8.39. The number of nitrogens with zero attached hydrogens (tertiary/aromatic N) is 1. The van der Waals surface area contributed by atoms with Gasteiger partial charge < -0.3 is 14.4 Å². The summed E-state index contributed by atoms with van der Waals surface area (Å²) in [5.74, 6) is -0.356. The van der Waals surface area contributed by atoms with E-state index in [1.165, 1.54) is 11.3 Å². The van der Waals surface area contributed by atoms with E-state index in [-0.39, 0.29) is 5.91 Å². The Hall–Kier alpha value is 0.0500. The topological polar surface area (TPSA) is 38.8 Å². The molecule has 1 aromatic heterocycles. The van der Waals surface area contributed by atoms with E-state index in [1.807, 2.05) is 11.0 Å². The third-order valence-electron chi connectivity index (χ3n) is 3.51. The molecule has 0 bridgehead atoms. The number of piperidine rings is 1. The standard InChI is InChI=1S/C12H13Br2NO3S/c13-9-7-8(10(14)19-9)11(16)15-3-1-12(2-4-15)17-5-6-18-12/h7H,1-6H2. The minimum Gasteiger partial charge on any atom is -0.347 e. The number of ether oxygens (including phenoxy) is 2. The maximum Gasteiger partial charge on any atom is 0.255 e.